The van der Waals surface area contributed by atoms with Crippen LogP contribution in [-0.4, -0.2) is 99.2 Å². The maximum absolute atomic E-state index is 12.5. The molecule has 1 aromatic rings. The molecule has 1 amide bonds. The van der Waals surface area contributed by atoms with Gasteiger partial charge in [-0.1, -0.05) is 23.7 Å². The quantitative estimate of drug-likeness (QED) is 0.562. The number of guanidine groups is 1. The molecule has 3 fully saturated rings. The Balaban J connectivity index is 1.25. The van der Waals surface area contributed by atoms with Crippen LogP contribution >= 0.6 is 11.6 Å². The van der Waals surface area contributed by atoms with Gasteiger partial charge in [-0.15, -0.1) is 0 Å². The van der Waals surface area contributed by atoms with E-state index in [0.717, 1.165) is 43.7 Å². The van der Waals surface area contributed by atoms with Gasteiger partial charge in [-0.3, -0.25) is 14.7 Å². The zero-order valence-corrected chi connectivity index (χ0v) is 18.5. The summed E-state index contributed by atoms with van der Waals surface area (Å²) in [4.78, 5) is 23.5. The van der Waals surface area contributed by atoms with E-state index in [-0.39, 0.29) is 11.3 Å². The van der Waals surface area contributed by atoms with Crippen LogP contribution in [-0.2, 0) is 14.9 Å². The summed E-state index contributed by atoms with van der Waals surface area (Å²) in [5.74, 6) is 1.16. The zero-order valence-electron chi connectivity index (χ0n) is 17.8. The lowest BCUT2D eigenvalue weighted by molar-refractivity contribution is -0.136. The Hall–Kier alpha value is -1.83. The second-order valence-electron chi connectivity index (χ2n) is 8.45. The number of ether oxygens (including phenoxy) is 1. The van der Waals surface area contributed by atoms with Gasteiger partial charge in [-0.05, 0) is 30.5 Å². The predicted molar refractivity (Wildman–Crippen MR) is 119 cm³/mol. The smallest absolute Gasteiger partial charge is 0.236 e. The lowest BCUT2D eigenvalue weighted by Gasteiger charge is -2.37. The average Bonchev–Trinajstić information content (AvgIpc) is 3.57. The maximum Gasteiger partial charge on any atom is 0.236 e. The minimum absolute atomic E-state index is 0.174. The van der Waals surface area contributed by atoms with E-state index in [2.05, 4.69) is 32.2 Å². The van der Waals surface area contributed by atoms with Gasteiger partial charge in [-0.25, -0.2) is 0 Å². The Morgan fingerprint density at radius 1 is 1.13 bits per heavy atom. The van der Waals surface area contributed by atoms with Gasteiger partial charge in [0.15, 0.2) is 5.96 Å². The molecule has 1 N–H and O–H groups in total. The Morgan fingerprint density at radius 3 is 2.50 bits per heavy atom. The van der Waals surface area contributed by atoms with Crippen LogP contribution in [0.1, 0.15) is 18.4 Å². The molecule has 8 heteroatoms. The molecule has 0 unspecified atom stereocenters. The molecule has 1 aromatic carbocycles. The van der Waals surface area contributed by atoms with E-state index in [1.807, 2.05) is 24.1 Å². The summed E-state index contributed by atoms with van der Waals surface area (Å²) in [6.45, 7) is 7.59. The number of hydrogen-bond donors (Lipinski definition) is 1. The molecule has 2 aliphatic heterocycles. The molecule has 2 heterocycles. The van der Waals surface area contributed by atoms with Crippen molar-refractivity contribution in [2.75, 3.05) is 72.6 Å². The molecule has 0 aromatic heterocycles. The molecule has 0 atom stereocenters. The van der Waals surface area contributed by atoms with Crippen molar-refractivity contribution in [1.29, 1.82) is 0 Å². The predicted octanol–water partition coefficient (Wildman–Crippen LogP) is 1.42. The van der Waals surface area contributed by atoms with E-state index < -0.39 is 0 Å². The summed E-state index contributed by atoms with van der Waals surface area (Å²) in [5, 5.41) is 4.39. The number of aliphatic imine (C=N–C) groups is 1. The van der Waals surface area contributed by atoms with Gasteiger partial charge in [0.2, 0.25) is 5.91 Å². The molecule has 7 nitrogen and oxygen atoms in total. The van der Waals surface area contributed by atoms with Gasteiger partial charge in [0, 0.05) is 63.3 Å². The van der Waals surface area contributed by atoms with E-state index in [4.69, 9.17) is 16.3 Å². The van der Waals surface area contributed by atoms with Crippen molar-refractivity contribution in [3.05, 3.63) is 34.9 Å². The van der Waals surface area contributed by atoms with E-state index in [9.17, 15) is 4.79 Å². The summed E-state index contributed by atoms with van der Waals surface area (Å²) in [6.07, 6.45) is 2.35. The highest BCUT2D eigenvalue weighted by Crippen LogP contribution is 2.48. The molecule has 0 radical (unpaired) electrons. The van der Waals surface area contributed by atoms with Crippen LogP contribution in [0.15, 0.2) is 29.3 Å². The number of amides is 1. The van der Waals surface area contributed by atoms with Crippen molar-refractivity contribution in [3.63, 3.8) is 0 Å². The number of rotatable bonds is 5. The van der Waals surface area contributed by atoms with Gasteiger partial charge in [-0.2, -0.15) is 0 Å². The molecule has 1 saturated carbocycles. The van der Waals surface area contributed by atoms with Crippen LogP contribution in [0.2, 0.25) is 5.02 Å². The van der Waals surface area contributed by atoms with Gasteiger partial charge in [0.1, 0.15) is 0 Å². The minimum Gasteiger partial charge on any atom is -0.378 e. The largest absolute Gasteiger partial charge is 0.378 e. The van der Waals surface area contributed by atoms with Gasteiger partial charge in [0.25, 0.3) is 0 Å². The molecule has 1 aliphatic carbocycles. The third-order valence-corrected chi connectivity index (χ3v) is 6.72. The fourth-order valence-corrected chi connectivity index (χ4v) is 4.53. The summed E-state index contributed by atoms with van der Waals surface area (Å²) < 4.78 is 5.34. The number of benzene rings is 1. The van der Waals surface area contributed by atoms with Gasteiger partial charge < -0.3 is 19.9 Å². The highest BCUT2D eigenvalue weighted by atomic mass is 35.5. The first-order chi connectivity index (χ1) is 14.6. The fourth-order valence-electron chi connectivity index (χ4n) is 4.34. The Bertz CT molecular complexity index is 769. The van der Waals surface area contributed by atoms with Crippen molar-refractivity contribution in [1.82, 2.24) is 20.0 Å². The summed E-state index contributed by atoms with van der Waals surface area (Å²) in [7, 11) is 1.84. The minimum atomic E-state index is 0.174. The van der Waals surface area contributed by atoms with E-state index in [1.165, 1.54) is 18.4 Å². The summed E-state index contributed by atoms with van der Waals surface area (Å²) >= 11 is 6.20. The molecule has 30 heavy (non-hydrogen) atoms. The molecule has 0 bridgehead atoms. The second-order valence-corrected chi connectivity index (χ2v) is 8.88. The first-order valence-corrected chi connectivity index (χ1v) is 11.3. The highest BCUT2D eigenvalue weighted by Gasteiger charge is 2.44. The average molecular weight is 434 g/mol. The topological polar surface area (TPSA) is 60.4 Å². The number of halogens is 1. The molecule has 2 saturated heterocycles. The maximum atomic E-state index is 12.5. The van der Waals surface area contributed by atoms with Crippen molar-refractivity contribution in [2.45, 2.75) is 18.3 Å². The van der Waals surface area contributed by atoms with E-state index in [1.54, 1.807) is 0 Å². The number of morpholine rings is 1. The summed E-state index contributed by atoms with van der Waals surface area (Å²) in [6, 6.07) is 8.22. The van der Waals surface area contributed by atoms with Gasteiger partial charge in [0.05, 0.1) is 19.8 Å². The number of nitrogens with zero attached hydrogens (tertiary/aromatic N) is 4. The van der Waals surface area contributed by atoms with Crippen LogP contribution < -0.4 is 5.32 Å². The highest BCUT2D eigenvalue weighted by molar-refractivity contribution is 6.30. The molecule has 3 aliphatic rings. The Morgan fingerprint density at radius 2 is 1.87 bits per heavy atom. The number of carbonyl (C=O) groups excluding carboxylic acids is 1. The van der Waals surface area contributed by atoms with Crippen LogP contribution in [0.5, 0.6) is 0 Å². The second kappa shape index (κ2) is 9.54. The van der Waals surface area contributed by atoms with Crippen molar-refractivity contribution >= 4 is 23.5 Å². The van der Waals surface area contributed by atoms with Crippen molar-refractivity contribution < 1.29 is 9.53 Å². The normalized spacial score (nSPS) is 22.1. The lowest BCUT2D eigenvalue weighted by Crippen LogP contribution is -2.55. The standard InChI is InChI=1S/C22H32ClN5O2/c1-24-21(25-17-22(5-6-22)18-3-2-4-19(23)15-18)28-9-7-26(8-10-28)16-20(29)27-11-13-30-14-12-27/h2-4,15H,5-14,16-17H2,1H3,(H,24,25). The van der Waals surface area contributed by atoms with Crippen LogP contribution in [0.4, 0.5) is 0 Å². The number of nitrogens with one attached hydrogen (secondary N) is 1. The molecular formula is C22H32ClN5O2. The Labute approximate surface area is 184 Å². The molecule has 164 valence electrons. The number of piperazine rings is 1. The zero-order chi connectivity index (χ0) is 21.0. The molecule has 0 spiro atoms. The fraction of sp³-hybridized carbons (Fsp3) is 0.636. The monoisotopic (exact) mass is 433 g/mol. The summed E-state index contributed by atoms with van der Waals surface area (Å²) in [5.41, 5.74) is 1.48. The number of carbonyl (C=O) groups is 1. The first kappa shape index (κ1) is 21.4. The van der Waals surface area contributed by atoms with E-state index in [0.29, 0.717) is 32.8 Å². The third kappa shape index (κ3) is 5.07. The van der Waals surface area contributed by atoms with Crippen molar-refractivity contribution in [3.8, 4) is 0 Å². The first-order valence-electron chi connectivity index (χ1n) is 10.9. The van der Waals surface area contributed by atoms with Crippen LogP contribution in [0.3, 0.4) is 0 Å². The SMILES string of the molecule is CN=C(NCC1(c2cccc(Cl)c2)CC1)N1CCN(CC(=O)N2CCOCC2)CC1. The molecular weight excluding hydrogens is 402 g/mol. The lowest BCUT2D eigenvalue weighted by atomic mass is 9.96. The molecule has 4 rings (SSSR count). The Kier molecular flexibility index (Phi) is 6.80. The van der Waals surface area contributed by atoms with E-state index >= 15 is 0 Å². The van der Waals surface area contributed by atoms with Crippen LogP contribution in [0.25, 0.3) is 0 Å². The number of hydrogen-bond acceptors (Lipinski definition) is 4. The van der Waals surface area contributed by atoms with Gasteiger partial charge >= 0.3 is 0 Å². The van der Waals surface area contributed by atoms with Crippen LogP contribution in [0, 0.1) is 0 Å². The van der Waals surface area contributed by atoms with Crippen molar-refractivity contribution in [2.24, 2.45) is 4.99 Å². The third-order valence-electron chi connectivity index (χ3n) is 6.48.